The summed E-state index contributed by atoms with van der Waals surface area (Å²) in [6.07, 6.45) is 0. The van der Waals surface area contributed by atoms with Crippen LogP contribution in [0.25, 0.3) is 0 Å². The standard InChI is InChI=1S/C11H15NO3/c1-11(2,3)8-6-5-7-9(15-4)10(8)12(13)14/h5-7H,1-4H3. The maximum absolute atomic E-state index is 11.0. The lowest BCUT2D eigenvalue weighted by Crippen LogP contribution is -2.14. The fourth-order valence-corrected chi connectivity index (χ4v) is 1.48. The highest BCUT2D eigenvalue weighted by molar-refractivity contribution is 5.55. The summed E-state index contributed by atoms with van der Waals surface area (Å²) in [7, 11) is 1.44. The predicted octanol–water partition coefficient (Wildman–Crippen LogP) is 2.90. The molecule has 0 N–H and O–H groups in total. The third kappa shape index (κ3) is 2.26. The summed E-state index contributed by atoms with van der Waals surface area (Å²) in [5, 5.41) is 11.0. The number of para-hydroxylation sites is 1. The van der Waals surface area contributed by atoms with Gasteiger partial charge in [0.05, 0.1) is 12.0 Å². The second-order valence-electron chi connectivity index (χ2n) is 4.36. The van der Waals surface area contributed by atoms with Gasteiger partial charge in [-0.25, -0.2) is 0 Å². The summed E-state index contributed by atoms with van der Waals surface area (Å²) in [4.78, 5) is 10.6. The zero-order chi connectivity index (χ0) is 11.6. The molecule has 0 aliphatic carbocycles. The van der Waals surface area contributed by atoms with Crippen LogP contribution in [0.4, 0.5) is 5.69 Å². The first-order chi connectivity index (χ1) is 6.88. The topological polar surface area (TPSA) is 52.4 Å². The van der Waals surface area contributed by atoms with E-state index < -0.39 is 0 Å². The molecule has 0 heterocycles. The van der Waals surface area contributed by atoms with Crippen molar-refractivity contribution in [2.75, 3.05) is 7.11 Å². The number of ether oxygens (including phenoxy) is 1. The SMILES string of the molecule is COc1cccc(C(C)(C)C)c1[N+](=O)[O-]. The molecule has 0 radical (unpaired) electrons. The van der Waals surface area contributed by atoms with Crippen molar-refractivity contribution in [1.29, 1.82) is 0 Å². The highest BCUT2D eigenvalue weighted by Gasteiger charge is 2.28. The molecule has 0 aromatic heterocycles. The molecule has 1 rings (SSSR count). The molecular formula is C11H15NO3. The van der Waals surface area contributed by atoms with Gasteiger partial charge in [-0.2, -0.15) is 0 Å². The fraction of sp³-hybridized carbons (Fsp3) is 0.455. The third-order valence-electron chi connectivity index (χ3n) is 2.21. The lowest BCUT2D eigenvalue weighted by atomic mass is 9.85. The molecule has 0 bridgehead atoms. The van der Waals surface area contributed by atoms with E-state index in [4.69, 9.17) is 4.74 Å². The first-order valence-corrected chi connectivity index (χ1v) is 4.70. The number of hydrogen-bond donors (Lipinski definition) is 0. The van der Waals surface area contributed by atoms with Crippen molar-refractivity contribution in [1.82, 2.24) is 0 Å². The minimum absolute atomic E-state index is 0.0625. The maximum Gasteiger partial charge on any atom is 0.314 e. The summed E-state index contributed by atoms with van der Waals surface area (Å²) in [5.74, 6) is 0.312. The van der Waals surface area contributed by atoms with Gasteiger partial charge in [-0.15, -0.1) is 0 Å². The molecular weight excluding hydrogens is 194 g/mol. The Hall–Kier alpha value is -1.58. The highest BCUT2D eigenvalue weighted by atomic mass is 16.6. The van der Waals surface area contributed by atoms with Crippen LogP contribution >= 0.6 is 0 Å². The zero-order valence-electron chi connectivity index (χ0n) is 9.40. The van der Waals surface area contributed by atoms with Gasteiger partial charge in [-0.05, 0) is 11.5 Å². The number of nitro benzene ring substituents is 1. The highest BCUT2D eigenvalue weighted by Crippen LogP contribution is 2.37. The second-order valence-corrected chi connectivity index (χ2v) is 4.36. The van der Waals surface area contributed by atoms with E-state index in [1.807, 2.05) is 20.8 Å². The molecule has 4 nitrogen and oxygen atoms in total. The number of hydrogen-bond acceptors (Lipinski definition) is 3. The Morgan fingerprint density at radius 2 is 1.93 bits per heavy atom. The van der Waals surface area contributed by atoms with Crippen molar-refractivity contribution in [3.63, 3.8) is 0 Å². The van der Waals surface area contributed by atoms with Crippen molar-refractivity contribution in [2.24, 2.45) is 0 Å². The molecule has 0 atom stereocenters. The molecule has 0 amide bonds. The van der Waals surface area contributed by atoms with Crippen LogP contribution in [0.15, 0.2) is 18.2 Å². The minimum Gasteiger partial charge on any atom is -0.490 e. The smallest absolute Gasteiger partial charge is 0.314 e. The van der Waals surface area contributed by atoms with E-state index in [0.717, 1.165) is 0 Å². The number of rotatable bonds is 2. The van der Waals surface area contributed by atoms with Crippen LogP contribution in [0.3, 0.4) is 0 Å². The minimum atomic E-state index is -0.389. The fourth-order valence-electron chi connectivity index (χ4n) is 1.48. The van der Waals surface area contributed by atoms with E-state index in [-0.39, 0.29) is 16.0 Å². The molecule has 82 valence electrons. The molecule has 1 aromatic rings. The maximum atomic E-state index is 11.0. The molecule has 15 heavy (non-hydrogen) atoms. The largest absolute Gasteiger partial charge is 0.490 e. The van der Waals surface area contributed by atoms with Gasteiger partial charge in [0.25, 0.3) is 0 Å². The monoisotopic (exact) mass is 209 g/mol. The molecule has 0 unspecified atom stereocenters. The van der Waals surface area contributed by atoms with Crippen LogP contribution < -0.4 is 4.74 Å². The van der Waals surface area contributed by atoms with Crippen LogP contribution in [0.1, 0.15) is 26.3 Å². The first kappa shape index (κ1) is 11.5. The van der Waals surface area contributed by atoms with Gasteiger partial charge >= 0.3 is 5.69 Å². The lowest BCUT2D eigenvalue weighted by molar-refractivity contribution is -0.386. The van der Waals surface area contributed by atoms with E-state index >= 15 is 0 Å². The van der Waals surface area contributed by atoms with Crippen LogP contribution in [-0.4, -0.2) is 12.0 Å². The summed E-state index contributed by atoms with van der Waals surface area (Å²) in [6.45, 7) is 5.82. The van der Waals surface area contributed by atoms with Crippen molar-refractivity contribution in [3.05, 3.63) is 33.9 Å². The predicted molar refractivity (Wildman–Crippen MR) is 58.3 cm³/mol. The average molecular weight is 209 g/mol. The van der Waals surface area contributed by atoms with Gasteiger partial charge < -0.3 is 4.74 Å². The molecule has 0 saturated heterocycles. The molecule has 0 aliphatic heterocycles. The number of nitro groups is 1. The van der Waals surface area contributed by atoms with Crippen molar-refractivity contribution >= 4 is 5.69 Å². The Bertz CT molecular complexity index is 380. The van der Waals surface area contributed by atoms with Gasteiger partial charge in [0.2, 0.25) is 0 Å². The Morgan fingerprint density at radius 1 is 1.33 bits per heavy atom. The van der Waals surface area contributed by atoms with Crippen molar-refractivity contribution < 1.29 is 9.66 Å². The van der Waals surface area contributed by atoms with E-state index in [2.05, 4.69) is 0 Å². The molecule has 0 saturated carbocycles. The molecule has 4 heteroatoms. The van der Waals surface area contributed by atoms with E-state index in [0.29, 0.717) is 11.3 Å². The normalized spacial score (nSPS) is 11.2. The second kappa shape index (κ2) is 3.88. The van der Waals surface area contributed by atoms with Gasteiger partial charge in [0.15, 0.2) is 5.75 Å². The Kier molecular flexibility index (Phi) is 2.98. The average Bonchev–Trinajstić information content (AvgIpc) is 2.15. The van der Waals surface area contributed by atoms with Crippen LogP contribution in [0.2, 0.25) is 0 Å². The van der Waals surface area contributed by atoms with Crippen molar-refractivity contribution in [3.8, 4) is 5.75 Å². The number of methoxy groups -OCH3 is 1. The Balaban J connectivity index is 3.46. The van der Waals surface area contributed by atoms with Gasteiger partial charge in [-0.1, -0.05) is 32.9 Å². The summed E-state index contributed by atoms with van der Waals surface area (Å²) in [6, 6.07) is 5.14. The van der Waals surface area contributed by atoms with E-state index in [1.54, 1.807) is 18.2 Å². The summed E-state index contributed by atoms with van der Waals surface area (Å²) in [5.41, 5.74) is 0.482. The number of benzene rings is 1. The van der Waals surface area contributed by atoms with Crippen LogP contribution in [-0.2, 0) is 5.41 Å². The molecule has 0 aliphatic rings. The quantitative estimate of drug-likeness (QED) is 0.556. The molecule has 1 aromatic carbocycles. The van der Waals surface area contributed by atoms with Gasteiger partial charge in [0.1, 0.15) is 0 Å². The summed E-state index contributed by atoms with van der Waals surface area (Å²) >= 11 is 0. The lowest BCUT2D eigenvalue weighted by Gasteiger charge is -2.19. The first-order valence-electron chi connectivity index (χ1n) is 4.70. The number of nitrogens with zero attached hydrogens (tertiary/aromatic N) is 1. The molecule has 0 spiro atoms. The Labute approximate surface area is 89.0 Å². The summed E-state index contributed by atoms with van der Waals surface area (Å²) < 4.78 is 5.00. The van der Waals surface area contributed by atoms with E-state index in [1.165, 1.54) is 7.11 Å². The van der Waals surface area contributed by atoms with Crippen molar-refractivity contribution in [2.45, 2.75) is 26.2 Å². The van der Waals surface area contributed by atoms with Gasteiger partial charge in [0, 0.05) is 5.56 Å². The van der Waals surface area contributed by atoms with E-state index in [9.17, 15) is 10.1 Å². The third-order valence-corrected chi connectivity index (χ3v) is 2.21. The van der Waals surface area contributed by atoms with Crippen LogP contribution in [0.5, 0.6) is 5.75 Å². The Morgan fingerprint density at radius 3 is 2.33 bits per heavy atom. The van der Waals surface area contributed by atoms with Gasteiger partial charge in [-0.3, -0.25) is 10.1 Å². The zero-order valence-corrected chi connectivity index (χ0v) is 9.40. The van der Waals surface area contributed by atoms with Crippen LogP contribution in [0, 0.1) is 10.1 Å². The molecule has 0 fully saturated rings.